The minimum Gasteiger partial charge on any atom is -0.345 e. The fourth-order valence-electron chi connectivity index (χ4n) is 2.91. The highest BCUT2D eigenvalue weighted by Crippen LogP contribution is 2.25. The number of hydrogen-bond donors (Lipinski definition) is 1. The van der Waals surface area contributed by atoms with Gasteiger partial charge in [0.1, 0.15) is 0 Å². The van der Waals surface area contributed by atoms with Gasteiger partial charge in [0.05, 0.1) is 22.7 Å². The van der Waals surface area contributed by atoms with Gasteiger partial charge in [-0.25, -0.2) is 4.98 Å². The number of carbonyl (C=O) groups is 1. The number of amides is 1. The van der Waals surface area contributed by atoms with E-state index in [1.807, 2.05) is 44.2 Å². The first kappa shape index (κ1) is 16.2. The quantitative estimate of drug-likeness (QED) is 0.789. The zero-order valence-corrected chi connectivity index (χ0v) is 14.3. The predicted octanol–water partition coefficient (Wildman–Crippen LogP) is 3.97. The van der Waals surface area contributed by atoms with Crippen LogP contribution in [0.2, 0.25) is 0 Å². The summed E-state index contributed by atoms with van der Waals surface area (Å²) in [6, 6.07) is 11.7. The Morgan fingerprint density at radius 2 is 1.88 bits per heavy atom. The summed E-state index contributed by atoms with van der Waals surface area (Å²) < 4.78 is 5.22. The molecule has 124 valence electrons. The van der Waals surface area contributed by atoms with Crippen molar-refractivity contribution in [3.63, 3.8) is 0 Å². The van der Waals surface area contributed by atoms with Gasteiger partial charge in [-0.3, -0.25) is 4.79 Å². The number of carbonyl (C=O) groups excluding carboxylic acids is 1. The first-order chi connectivity index (χ1) is 11.5. The lowest BCUT2D eigenvalue weighted by molar-refractivity contribution is 0.0927. The summed E-state index contributed by atoms with van der Waals surface area (Å²) in [6.45, 7) is 7.84. The van der Waals surface area contributed by atoms with Crippen LogP contribution in [0.15, 0.2) is 40.9 Å². The van der Waals surface area contributed by atoms with Crippen molar-refractivity contribution in [1.29, 1.82) is 0 Å². The van der Waals surface area contributed by atoms with Crippen LogP contribution in [0.1, 0.15) is 47.2 Å². The number of hydrogen-bond acceptors (Lipinski definition) is 4. The van der Waals surface area contributed by atoms with E-state index in [2.05, 4.69) is 29.3 Å². The second kappa shape index (κ2) is 6.43. The molecule has 3 aromatic rings. The summed E-state index contributed by atoms with van der Waals surface area (Å²) in [5, 5.41) is 7.76. The Labute approximate surface area is 141 Å². The third-order valence-electron chi connectivity index (χ3n) is 4.10. The molecular formula is C19H21N3O2. The van der Waals surface area contributed by atoms with Crippen molar-refractivity contribution in [3.8, 4) is 0 Å². The van der Waals surface area contributed by atoms with Gasteiger partial charge in [-0.15, -0.1) is 0 Å². The SMILES string of the molecule is Cc1cc(C(=O)NC(c2ccccc2)C(C)C)c2c(C)noc2n1. The molecule has 0 saturated carbocycles. The Kier molecular flexibility index (Phi) is 4.34. The van der Waals surface area contributed by atoms with E-state index in [9.17, 15) is 4.79 Å². The van der Waals surface area contributed by atoms with E-state index in [0.717, 1.165) is 11.3 Å². The van der Waals surface area contributed by atoms with E-state index >= 15 is 0 Å². The van der Waals surface area contributed by atoms with E-state index in [4.69, 9.17) is 4.52 Å². The van der Waals surface area contributed by atoms with Crippen molar-refractivity contribution >= 4 is 17.0 Å². The molecule has 5 nitrogen and oxygen atoms in total. The van der Waals surface area contributed by atoms with Gasteiger partial charge in [-0.1, -0.05) is 49.3 Å². The minimum absolute atomic E-state index is 0.0672. The molecule has 0 bridgehead atoms. The monoisotopic (exact) mass is 323 g/mol. The number of nitrogens with zero attached hydrogens (tertiary/aromatic N) is 2. The molecule has 5 heteroatoms. The fourth-order valence-corrected chi connectivity index (χ4v) is 2.91. The second-order valence-electron chi connectivity index (χ2n) is 6.37. The van der Waals surface area contributed by atoms with Gasteiger partial charge in [-0.05, 0) is 31.4 Å². The molecule has 0 saturated heterocycles. The van der Waals surface area contributed by atoms with Crippen molar-refractivity contribution in [2.75, 3.05) is 0 Å². The lowest BCUT2D eigenvalue weighted by Crippen LogP contribution is -2.32. The molecule has 0 aliphatic rings. The standard InChI is InChI=1S/C19H21N3O2/c1-11(2)17(14-8-6-5-7-9-14)21-18(23)15-10-12(3)20-19-16(15)13(4)22-24-19/h5-11,17H,1-4H3,(H,21,23). The van der Waals surface area contributed by atoms with Crippen LogP contribution in [-0.2, 0) is 0 Å². The van der Waals surface area contributed by atoms with Crippen molar-refractivity contribution in [1.82, 2.24) is 15.5 Å². The van der Waals surface area contributed by atoms with Crippen molar-refractivity contribution in [3.05, 3.63) is 58.9 Å². The van der Waals surface area contributed by atoms with Crippen molar-refractivity contribution in [2.24, 2.45) is 5.92 Å². The highest BCUT2D eigenvalue weighted by molar-refractivity contribution is 6.06. The van der Waals surface area contributed by atoms with Crippen LogP contribution < -0.4 is 5.32 Å². The average Bonchev–Trinajstić information content (AvgIpc) is 2.93. The molecule has 1 aromatic carbocycles. The smallest absolute Gasteiger partial charge is 0.258 e. The number of fused-ring (bicyclic) bond motifs is 1. The van der Waals surface area contributed by atoms with E-state index in [-0.39, 0.29) is 17.9 Å². The molecule has 0 aliphatic carbocycles. The summed E-state index contributed by atoms with van der Waals surface area (Å²) in [4.78, 5) is 17.2. The molecule has 2 aromatic heterocycles. The van der Waals surface area contributed by atoms with Crippen molar-refractivity contribution < 1.29 is 9.32 Å². The Bertz CT molecular complexity index is 869. The maximum Gasteiger partial charge on any atom is 0.258 e. The molecule has 1 unspecified atom stereocenters. The van der Waals surface area contributed by atoms with Gasteiger partial charge < -0.3 is 9.84 Å². The molecule has 24 heavy (non-hydrogen) atoms. The second-order valence-corrected chi connectivity index (χ2v) is 6.37. The number of aryl methyl sites for hydroxylation is 2. The van der Waals surface area contributed by atoms with Crippen LogP contribution in [0, 0.1) is 19.8 Å². The van der Waals surface area contributed by atoms with Crippen LogP contribution in [0.3, 0.4) is 0 Å². The van der Waals surface area contributed by atoms with E-state index < -0.39 is 0 Å². The molecule has 1 N–H and O–H groups in total. The van der Waals surface area contributed by atoms with E-state index in [0.29, 0.717) is 22.4 Å². The maximum atomic E-state index is 12.9. The molecule has 0 aliphatic heterocycles. The molecule has 0 radical (unpaired) electrons. The van der Waals surface area contributed by atoms with Crippen LogP contribution in [0.25, 0.3) is 11.1 Å². The Morgan fingerprint density at radius 1 is 1.17 bits per heavy atom. The molecule has 3 rings (SSSR count). The van der Waals surface area contributed by atoms with Crippen LogP contribution in [0.4, 0.5) is 0 Å². The summed E-state index contributed by atoms with van der Waals surface area (Å²) in [5.74, 6) is 0.123. The summed E-state index contributed by atoms with van der Waals surface area (Å²) in [6.07, 6.45) is 0. The first-order valence-corrected chi connectivity index (χ1v) is 8.07. The fraction of sp³-hybridized carbons (Fsp3) is 0.316. The highest BCUT2D eigenvalue weighted by atomic mass is 16.5. The zero-order valence-electron chi connectivity index (χ0n) is 14.3. The molecule has 1 atom stereocenters. The molecule has 0 spiro atoms. The molecule has 2 heterocycles. The summed E-state index contributed by atoms with van der Waals surface area (Å²) in [7, 11) is 0. The highest BCUT2D eigenvalue weighted by Gasteiger charge is 2.22. The lowest BCUT2D eigenvalue weighted by atomic mass is 9.95. The Hall–Kier alpha value is -2.69. The van der Waals surface area contributed by atoms with Gasteiger partial charge in [0, 0.05) is 5.69 Å². The minimum atomic E-state index is -0.139. The van der Waals surface area contributed by atoms with Crippen LogP contribution in [0.5, 0.6) is 0 Å². The lowest BCUT2D eigenvalue weighted by Gasteiger charge is -2.23. The largest absolute Gasteiger partial charge is 0.345 e. The average molecular weight is 323 g/mol. The summed E-state index contributed by atoms with van der Waals surface area (Å²) >= 11 is 0. The molecule has 1 amide bonds. The third-order valence-corrected chi connectivity index (χ3v) is 4.10. The normalized spacial score (nSPS) is 12.5. The third kappa shape index (κ3) is 3.02. The maximum absolute atomic E-state index is 12.9. The van der Waals surface area contributed by atoms with Gasteiger partial charge in [0.2, 0.25) is 0 Å². The molecule has 0 fully saturated rings. The summed E-state index contributed by atoms with van der Waals surface area (Å²) in [5.41, 5.74) is 3.44. The first-order valence-electron chi connectivity index (χ1n) is 8.07. The number of rotatable bonds is 4. The number of nitrogens with one attached hydrogen (secondary N) is 1. The topological polar surface area (TPSA) is 68.0 Å². The molecular weight excluding hydrogens is 302 g/mol. The predicted molar refractivity (Wildman–Crippen MR) is 92.8 cm³/mol. The number of aromatic nitrogens is 2. The van der Waals surface area contributed by atoms with E-state index in [1.54, 1.807) is 6.07 Å². The van der Waals surface area contributed by atoms with Gasteiger partial charge >= 0.3 is 0 Å². The number of benzene rings is 1. The van der Waals surface area contributed by atoms with Crippen LogP contribution in [-0.4, -0.2) is 16.0 Å². The zero-order chi connectivity index (χ0) is 17.3. The van der Waals surface area contributed by atoms with Crippen LogP contribution >= 0.6 is 0 Å². The van der Waals surface area contributed by atoms with Gasteiger partial charge in [0.15, 0.2) is 0 Å². The Balaban J connectivity index is 1.98. The van der Waals surface area contributed by atoms with Crippen molar-refractivity contribution in [2.45, 2.75) is 33.7 Å². The number of pyridine rings is 1. The van der Waals surface area contributed by atoms with Gasteiger partial charge in [0.25, 0.3) is 11.6 Å². The Morgan fingerprint density at radius 3 is 2.54 bits per heavy atom. The van der Waals surface area contributed by atoms with E-state index in [1.165, 1.54) is 0 Å². The van der Waals surface area contributed by atoms with Gasteiger partial charge in [-0.2, -0.15) is 0 Å².